The summed E-state index contributed by atoms with van der Waals surface area (Å²) in [5.41, 5.74) is 4.38. The quantitative estimate of drug-likeness (QED) is 0.292. The lowest BCUT2D eigenvalue weighted by molar-refractivity contribution is -0.196. The minimum Gasteiger partial charge on any atom is -0.481 e. The first-order valence-corrected chi connectivity index (χ1v) is 15.2. The Morgan fingerprint density at radius 3 is 2.05 bits per heavy atom. The van der Waals surface area contributed by atoms with Gasteiger partial charge in [0.05, 0.1) is 11.8 Å². The van der Waals surface area contributed by atoms with E-state index in [1.807, 2.05) is 13.8 Å². The number of primary amides is 1. The van der Waals surface area contributed by atoms with Gasteiger partial charge in [0.15, 0.2) is 0 Å². The fourth-order valence-corrected chi connectivity index (χ4v) is 9.39. The van der Waals surface area contributed by atoms with Gasteiger partial charge in [-0.1, -0.05) is 48.5 Å². The van der Waals surface area contributed by atoms with Gasteiger partial charge in [0.1, 0.15) is 6.10 Å². The summed E-state index contributed by atoms with van der Waals surface area (Å²) in [7, 11) is 0. The standard InChI is InChI=1S/C29H48O4.C2H6.CH3NO/c1-18-20-11-14-29(7)21-10-13-26(2,3)16-19(21)8-9-23(29)28(20,6)15-12-22(18)33-24(30)17-27(4,5)25(31)32;1-2;2-1-3/h18-23H,8-17H2,1-7H3,(H,31,32);1-2H3;1H,(H2,2,3). The first-order valence-electron chi connectivity index (χ1n) is 15.2. The van der Waals surface area contributed by atoms with E-state index in [9.17, 15) is 14.7 Å². The van der Waals surface area contributed by atoms with E-state index < -0.39 is 11.4 Å². The van der Waals surface area contributed by atoms with E-state index in [0.717, 1.165) is 30.6 Å². The van der Waals surface area contributed by atoms with Crippen LogP contribution < -0.4 is 5.73 Å². The van der Waals surface area contributed by atoms with Gasteiger partial charge < -0.3 is 15.6 Å². The largest absolute Gasteiger partial charge is 0.481 e. The van der Waals surface area contributed by atoms with Gasteiger partial charge in [-0.25, -0.2) is 0 Å². The molecule has 220 valence electrons. The Bertz CT molecular complexity index is 838. The Hall–Kier alpha value is -1.59. The molecule has 6 heteroatoms. The molecule has 1 amide bonds. The van der Waals surface area contributed by atoms with E-state index in [-0.39, 0.29) is 24.9 Å². The van der Waals surface area contributed by atoms with Crippen molar-refractivity contribution in [2.75, 3.05) is 0 Å². The van der Waals surface area contributed by atoms with Crippen LogP contribution in [-0.4, -0.2) is 29.6 Å². The third-order valence-corrected chi connectivity index (χ3v) is 11.3. The number of esters is 1. The number of nitrogens with two attached hydrogens (primary N) is 1. The molecule has 3 N–H and O–H groups in total. The molecule has 0 bridgehead atoms. The fraction of sp³-hybridized carbons (Fsp3) is 0.906. The number of carboxylic acid groups (broad SMARTS) is 1. The van der Waals surface area contributed by atoms with Crippen molar-refractivity contribution in [3.63, 3.8) is 0 Å². The molecule has 0 saturated heterocycles. The molecule has 0 aromatic carbocycles. The highest BCUT2D eigenvalue weighted by molar-refractivity contribution is 5.81. The van der Waals surface area contributed by atoms with Crippen LogP contribution in [0.25, 0.3) is 0 Å². The summed E-state index contributed by atoms with van der Waals surface area (Å²) >= 11 is 0. The van der Waals surface area contributed by atoms with E-state index in [2.05, 4.69) is 40.4 Å². The SMILES string of the molecule is CC.CC1C(OC(=O)CC(C)(C)C(=O)O)CCC2(C)C1CCC1(C)C3CCC(C)(C)CC3CCC12.NC=O. The number of ether oxygens (including phenoxy) is 1. The lowest BCUT2D eigenvalue weighted by atomic mass is 9.38. The molecule has 8 atom stereocenters. The number of amides is 1. The first-order chi connectivity index (χ1) is 17.6. The zero-order valence-corrected chi connectivity index (χ0v) is 25.8. The summed E-state index contributed by atoms with van der Waals surface area (Å²) in [6.07, 6.45) is 11.7. The average molecular weight is 536 g/mol. The molecule has 8 unspecified atom stereocenters. The Kier molecular flexibility index (Phi) is 10.5. The number of rotatable bonds is 4. The second kappa shape index (κ2) is 12.3. The van der Waals surface area contributed by atoms with Gasteiger partial charge in [-0.15, -0.1) is 0 Å². The Morgan fingerprint density at radius 2 is 1.47 bits per heavy atom. The summed E-state index contributed by atoms with van der Waals surface area (Å²) in [6.45, 7) is 19.6. The summed E-state index contributed by atoms with van der Waals surface area (Å²) in [6, 6.07) is 0. The van der Waals surface area contributed by atoms with E-state index in [0.29, 0.717) is 28.1 Å². The molecule has 0 radical (unpaired) electrons. The van der Waals surface area contributed by atoms with Crippen LogP contribution >= 0.6 is 0 Å². The van der Waals surface area contributed by atoms with Gasteiger partial charge >= 0.3 is 11.9 Å². The van der Waals surface area contributed by atoms with Gasteiger partial charge in [0, 0.05) is 0 Å². The van der Waals surface area contributed by atoms with Crippen molar-refractivity contribution in [3.05, 3.63) is 0 Å². The number of hydrogen-bond acceptors (Lipinski definition) is 4. The van der Waals surface area contributed by atoms with Crippen molar-refractivity contribution in [3.8, 4) is 0 Å². The molecule has 4 fully saturated rings. The van der Waals surface area contributed by atoms with Gasteiger partial charge in [0.2, 0.25) is 6.41 Å². The van der Waals surface area contributed by atoms with Crippen molar-refractivity contribution in [2.45, 2.75) is 133 Å². The summed E-state index contributed by atoms with van der Waals surface area (Å²) in [5, 5.41) is 9.37. The predicted molar refractivity (Wildman–Crippen MR) is 152 cm³/mol. The van der Waals surface area contributed by atoms with Gasteiger partial charge in [-0.3, -0.25) is 14.4 Å². The van der Waals surface area contributed by atoms with Gasteiger partial charge in [-0.05, 0) is 117 Å². The Morgan fingerprint density at radius 1 is 0.947 bits per heavy atom. The normalized spacial score (nSPS) is 39.3. The number of hydrogen-bond donors (Lipinski definition) is 2. The minimum atomic E-state index is -1.08. The highest BCUT2D eigenvalue weighted by Crippen LogP contribution is 2.69. The second-order valence-corrected chi connectivity index (χ2v) is 14.5. The highest BCUT2D eigenvalue weighted by atomic mass is 16.5. The van der Waals surface area contributed by atoms with Gasteiger partial charge in [0.25, 0.3) is 0 Å². The highest BCUT2D eigenvalue weighted by Gasteiger charge is 2.62. The second-order valence-electron chi connectivity index (χ2n) is 14.5. The van der Waals surface area contributed by atoms with Crippen molar-refractivity contribution in [1.82, 2.24) is 0 Å². The fourth-order valence-electron chi connectivity index (χ4n) is 9.39. The smallest absolute Gasteiger partial charge is 0.309 e. The summed E-state index contributed by atoms with van der Waals surface area (Å²) in [4.78, 5) is 32.6. The number of carbonyl (C=O) groups excluding carboxylic acids is 2. The molecular weight excluding hydrogens is 478 g/mol. The van der Waals surface area contributed by atoms with Gasteiger partial charge in [-0.2, -0.15) is 0 Å². The van der Waals surface area contributed by atoms with Crippen LogP contribution in [0.2, 0.25) is 0 Å². The maximum atomic E-state index is 12.6. The molecule has 0 aromatic heterocycles. The molecule has 6 nitrogen and oxygen atoms in total. The molecule has 0 aromatic rings. The predicted octanol–water partition coefficient (Wildman–Crippen LogP) is 7.23. The molecule has 4 aliphatic rings. The van der Waals surface area contributed by atoms with Crippen LogP contribution in [0.15, 0.2) is 0 Å². The number of carbonyl (C=O) groups is 3. The molecule has 0 aliphatic heterocycles. The third kappa shape index (κ3) is 6.41. The van der Waals surface area contributed by atoms with Crippen LogP contribution in [-0.2, 0) is 19.1 Å². The topological polar surface area (TPSA) is 107 Å². The van der Waals surface area contributed by atoms with Crippen molar-refractivity contribution in [1.29, 1.82) is 0 Å². The maximum absolute atomic E-state index is 12.6. The van der Waals surface area contributed by atoms with Crippen LogP contribution in [0.1, 0.15) is 127 Å². The number of aliphatic carboxylic acids is 1. The van der Waals surface area contributed by atoms with E-state index in [1.54, 1.807) is 13.8 Å². The van der Waals surface area contributed by atoms with Crippen molar-refractivity contribution < 1.29 is 24.2 Å². The van der Waals surface area contributed by atoms with Crippen molar-refractivity contribution >= 4 is 18.3 Å². The average Bonchev–Trinajstić information content (AvgIpc) is 2.81. The number of fused-ring (bicyclic) bond motifs is 5. The van der Waals surface area contributed by atoms with E-state index >= 15 is 0 Å². The van der Waals surface area contributed by atoms with E-state index in [4.69, 9.17) is 9.53 Å². The minimum absolute atomic E-state index is 0.0619. The molecule has 38 heavy (non-hydrogen) atoms. The monoisotopic (exact) mass is 535 g/mol. The third-order valence-electron chi connectivity index (χ3n) is 11.3. The first kappa shape index (κ1) is 32.6. The van der Waals surface area contributed by atoms with E-state index in [1.165, 1.54) is 44.9 Å². The Balaban J connectivity index is 0.000000947. The molecular formula is C32H57NO5. The summed E-state index contributed by atoms with van der Waals surface area (Å²) < 4.78 is 5.95. The molecule has 0 spiro atoms. The lowest BCUT2D eigenvalue weighted by Crippen LogP contribution is -2.60. The zero-order chi connectivity index (χ0) is 29.1. The molecule has 4 aliphatic carbocycles. The maximum Gasteiger partial charge on any atom is 0.309 e. The summed E-state index contributed by atoms with van der Waals surface area (Å²) in [5.74, 6) is 2.19. The zero-order valence-electron chi connectivity index (χ0n) is 25.8. The molecule has 4 saturated carbocycles. The van der Waals surface area contributed by atoms with Crippen LogP contribution in [0.3, 0.4) is 0 Å². The number of carboxylic acids is 1. The van der Waals surface area contributed by atoms with Crippen molar-refractivity contribution in [2.24, 2.45) is 57.0 Å². The van der Waals surface area contributed by atoms with Crippen LogP contribution in [0, 0.1) is 51.2 Å². The Labute approximate surface area is 232 Å². The lowest BCUT2D eigenvalue weighted by Gasteiger charge is -2.67. The van der Waals surface area contributed by atoms with Crippen LogP contribution in [0.5, 0.6) is 0 Å². The molecule has 4 rings (SSSR count). The van der Waals surface area contributed by atoms with Crippen LogP contribution in [0.4, 0.5) is 0 Å². The molecule has 0 heterocycles.